The number of fused-ring (bicyclic) bond motifs is 1. The average Bonchev–Trinajstić information content (AvgIpc) is 3.13. The van der Waals surface area contributed by atoms with Crippen LogP contribution in [0.5, 0.6) is 11.5 Å². The van der Waals surface area contributed by atoms with Crippen LogP contribution in [0.3, 0.4) is 0 Å². The van der Waals surface area contributed by atoms with Crippen molar-refractivity contribution in [1.82, 2.24) is 4.72 Å². The van der Waals surface area contributed by atoms with E-state index in [0.29, 0.717) is 5.75 Å². The fourth-order valence-corrected chi connectivity index (χ4v) is 5.55. The molecule has 138 valence electrons. The number of hydrogen-bond acceptors (Lipinski definition) is 5. The lowest BCUT2D eigenvalue weighted by Gasteiger charge is -2.17. The zero-order chi connectivity index (χ0) is 18.8. The number of rotatable bonds is 5. The van der Waals surface area contributed by atoms with Crippen molar-refractivity contribution in [2.24, 2.45) is 0 Å². The zero-order valence-corrected chi connectivity index (χ0v) is 17.6. The van der Waals surface area contributed by atoms with Crippen LogP contribution in [-0.2, 0) is 16.4 Å². The van der Waals surface area contributed by atoms with Crippen molar-refractivity contribution in [3.8, 4) is 23.3 Å². The number of ether oxygens (including phenoxy) is 2. The van der Waals surface area contributed by atoms with Gasteiger partial charge in [0.15, 0.2) is 11.5 Å². The monoisotopic (exact) mass is 455 g/mol. The van der Waals surface area contributed by atoms with Crippen molar-refractivity contribution < 1.29 is 17.9 Å². The van der Waals surface area contributed by atoms with Crippen molar-refractivity contribution in [3.63, 3.8) is 0 Å². The molecular weight excluding hydrogens is 438 g/mol. The fraction of sp³-hybridized carbons (Fsp3) is 0.333. The van der Waals surface area contributed by atoms with E-state index in [1.165, 1.54) is 0 Å². The lowest BCUT2D eigenvalue weighted by molar-refractivity contribution is 0.133. The molecule has 0 atom stereocenters. The minimum atomic E-state index is -3.52. The maximum Gasteiger partial charge on any atom is 0.250 e. The molecule has 2 heterocycles. The summed E-state index contributed by atoms with van der Waals surface area (Å²) in [6.45, 7) is 4.26. The topological polar surface area (TPSA) is 64.6 Å². The third-order valence-corrected chi connectivity index (χ3v) is 7.16. The van der Waals surface area contributed by atoms with E-state index in [4.69, 9.17) is 9.47 Å². The third-order valence-electron chi connectivity index (χ3n) is 3.64. The molecule has 0 saturated carbocycles. The van der Waals surface area contributed by atoms with Crippen molar-refractivity contribution in [2.45, 2.75) is 30.1 Å². The molecule has 0 aliphatic carbocycles. The molecule has 5 nitrogen and oxygen atoms in total. The quantitative estimate of drug-likeness (QED) is 0.699. The normalized spacial score (nSPS) is 14.9. The molecule has 0 bridgehead atoms. The van der Waals surface area contributed by atoms with Crippen LogP contribution in [0.1, 0.15) is 19.4 Å². The van der Waals surface area contributed by atoms with Crippen LogP contribution in [0.25, 0.3) is 0 Å². The predicted octanol–water partition coefficient (Wildman–Crippen LogP) is 3.58. The van der Waals surface area contributed by atoms with E-state index >= 15 is 0 Å². The fourth-order valence-electron chi connectivity index (χ4n) is 2.57. The number of halogens is 1. The van der Waals surface area contributed by atoms with Gasteiger partial charge in [0.1, 0.15) is 16.4 Å². The number of nitrogens with one attached hydrogen (secondary N) is 1. The van der Waals surface area contributed by atoms with Crippen molar-refractivity contribution in [3.05, 3.63) is 39.7 Å². The van der Waals surface area contributed by atoms with Crippen LogP contribution in [0, 0.1) is 11.8 Å². The Kier molecular flexibility index (Phi) is 5.63. The van der Waals surface area contributed by atoms with Crippen molar-refractivity contribution in [2.75, 3.05) is 13.2 Å². The van der Waals surface area contributed by atoms with Gasteiger partial charge >= 0.3 is 0 Å². The van der Waals surface area contributed by atoms with E-state index in [9.17, 15) is 8.42 Å². The van der Waals surface area contributed by atoms with Crippen LogP contribution in [0.15, 0.2) is 38.3 Å². The second-order valence-electron chi connectivity index (χ2n) is 6.31. The van der Waals surface area contributed by atoms with Gasteiger partial charge < -0.3 is 9.47 Å². The highest BCUT2D eigenvalue weighted by atomic mass is 79.9. The maximum absolute atomic E-state index is 12.1. The zero-order valence-electron chi connectivity index (χ0n) is 14.3. The molecule has 26 heavy (non-hydrogen) atoms. The van der Waals surface area contributed by atoms with Gasteiger partial charge in [0, 0.05) is 12.0 Å². The molecule has 0 spiro atoms. The number of benzene rings is 1. The van der Waals surface area contributed by atoms with Crippen LogP contribution < -0.4 is 14.2 Å². The maximum atomic E-state index is 12.1. The first-order chi connectivity index (χ1) is 12.3. The standard InChI is InChI=1S/C18H18BrNO4S2/c1-18(2)12-13-6-5-7-14(17(13)24-18)23-11-4-3-10-20-26(21,22)16-9-8-15(19)25-16/h5-9,20H,10-12H2,1-2H3. The Morgan fingerprint density at radius 1 is 1.31 bits per heavy atom. The number of para-hydroxylation sites is 1. The average molecular weight is 456 g/mol. The summed E-state index contributed by atoms with van der Waals surface area (Å²) in [7, 11) is -3.52. The Labute approximate surface area is 165 Å². The van der Waals surface area contributed by atoms with Gasteiger partial charge in [0.05, 0.1) is 10.3 Å². The first-order valence-corrected chi connectivity index (χ1v) is 11.0. The third kappa shape index (κ3) is 4.60. The van der Waals surface area contributed by atoms with Gasteiger partial charge in [-0.15, -0.1) is 11.3 Å². The van der Waals surface area contributed by atoms with Gasteiger partial charge in [-0.2, -0.15) is 4.72 Å². The molecule has 1 aromatic heterocycles. The van der Waals surface area contributed by atoms with E-state index < -0.39 is 10.0 Å². The smallest absolute Gasteiger partial charge is 0.250 e. The van der Waals surface area contributed by atoms with E-state index in [-0.39, 0.29) is 23.0 Å². The molecule has 0 fully saturated rings. The summed E-state index contributed by atoms with van der Waals surface area (Å²) in [6.07, 6.45) is 0.839. The summed E-state index contributed by atoms with van der Waals surface area (Å²) in [4.78, 5) is 0. The SMILES string of the molecule is CC1(C)Cc2cccc(OCC#CCNS(=O)(=O)c3ccc(Br)s3)c2O1. The van der Waals surface area contributed by atoms with Crippen LogP contribution in [-0.4, -0.2) is 27.2 Å². The molecular formula is C18H18BrNO4S2. The number of thiophene rings is 1. The second-order valence-corrected chi connectivity index (χ2v) is 10.8. The summed E-state index contributed by atoms with van der Waals surface area (Å²) < 4.78 is 39.2. The van der Waals surface area contributed by atoms with Crippen molar-refractivity contribution >= 4 is 37.3 Å². The molecule has 8 heteroatoms. The molecule has 0 saturated heterocycles. The summed E-state index contributed by atoms with van der Waals surface area (Å²) in [5.74, 6) is 7.00. The molecule has 0 radical (unpaired) electrons. The molecule has 1 aromatic carbocycles. The molecule has 3 rings (SSSR count). The Hall–Kier alpha value is -1.53. The predicted molar refractivity (Wildman–Crippen MR) is 105 cm³/mol. The van der Waals surface area contributed by atoms with Crippen molar-refractivity contribution in [1.29, 1.82) is 0 Å². The van der Waals surface area contributed by atoms with Crippen LogP contribution in [0.4, 0.5) is 0 Å². The van der Waals surface area contributed by atoms with Gasteiger partial charge in [-0.3, -0.25) is 0 Å². The Morgan fingerprint density at radius 2 is 2.12 bits per heavy atom. The van der Waals surface area contributed by atoms with Gasteiger partial charge in [0.25, 0.3) is 10.0 Å². The largest absolute Gasteiger partial charge is 0.483 e. The minimum absolute atomic E-state index is 0.0254. The molecule has 1 N–H and O–H groups in total. The highest BCUT2D eigenvalue weighted by Gasteiger charge is 2.32. The van der Waals surface area contributed by atoms with Gasteiger partial charge in [-0.25, -0.2) is 8.42 Å². The lowest BCUT2D eigenvalue weighted by atomic mass is 10.0. The van der Waals surface area contributed by atoms with E-state index in [1.807, 2.05) is 32.0 Å². The van der Waals surface area contributed by atoms with E-state index in [2.05, 4.69) is 32.5 Å². The minimum Gasteiger partial charge on any atom is -0.483 e. The Morgan fingerprint density at radius 3 is 2.85 bits per heavy atom. The number of hydrogen-bond donors (Lipinski definition) is 1. The molecule has 1 aliphatic heterocycles. The first kappa shape index (κ1) is 19.2. The Balaban J connectivity index is 1.52. The van der Waals surface area contributed by atoms with Gasteiger partial charge in [-0.05, 0) is 48.0 Å². The number of sulfonamides is 1. The van der Waals surface area contributed by atoms with E-state index in [1.54, 1.807) is 12.1 Å². The van der Waals surface area contributed by atoms with Gasteiger partial charge in [-0.1, -0.05) is 24.0 Å². The van der Waals surface area contributed by atoms with Crippen LogP contribution >= 0.6 is 27.3 Å². The highest BCUT2D eigenvalue weighted by molar-refractivity contribution is 9.11. The summed E-state index contributed by atoms with van der Waals surface area (Å²) in [5, 5.41) is 0. The molecule has 0 amide bonds. The lowest BCUT2D eigenvalue weighted by Crippen LogP contribution is -2.24. The van der Waals surface area contributed by atoms with Gasteiger partial charge in [0.2, 0.25) is 0 Å². The summed E-state index contributed by atoms with van der Waals surface area (Å²) in [5.41, 5.74) is 0.887. The second kappa shape index (κ2) is 7.61. The van der Waals surface area contributed by atoms with Crippen LogP contribution in [0.2, 0.25) is 0 Å². The first-order valence-electron chi connectivity index (χ1n) is 7.91. The summed E-state index contributed by atoms with van der Waals surface area (Å²) >= 11 is 4.40. The highest BCUT2D eigenvalue weighted by Crippen LogP contribution is 2.41. The Bertz CT molecular complexity index is 971. The molecule has 1 aliphatic rings. The molecule has 2 aromatic rings. The summed E-state index contributed by atoms with van der Waals surface area (Å²) in [6, 6.07) is 9.05. The molecule has 0 unspecified atom stereocenters. The van der Waals surface area contributed by atoms with E-state index in [0.717, 1.165) is 32.9 Å².